The number of alkyl carbamates (subject to hydrolysis) is 1. The van der Waals surface area contributed by atoms with Crippen LogP contribution in [0.3, 0.4) is 0 Å². The van der Waals surface area contributed by atoms with Gasteiger partial charge < -0.3 is 19.3 Å². The number of carbonyl (C=O) groups is 2. The molecule has 0 spiro atoms. The number of rotatable bonds is 8. The number of morpholine rings is 1. The second kappa shape index (κ2) is 13.8. The van der Waals surface area contributed by atoms with Gasteiger partial charge in [-0.3, -0.25) is 10.1 Å². The average Bonchev–Trinajstić information content (AvgIpc) is 2.81. The van der Waals surface area contributed by atoms with E-state index in [2.05, 4.69) is 40.6 Å². The fourth-order valence-electron chi connectivity index (χ4n) is 4.36. The Hall–Kier alpha value is -2.42. The third-order valence-electron chi connectivity index (χ3n) is 5.98. The first kappa shape index (κ1) is 29.8. The lowest BCUT2D eigenvalue weighted by Crippen LogP contribution is -2.53. The van der Waals surface area contributed by atoms with Gasteiger partial charge in [-0.15, -0.1) is 0 Å². The summed E-state index contributed by atoms with van der Waals surface area (Å²) in [5, 5.41) is 12.7. The van der Waals surface area contributed by atoms with E-state index in [1.165, 1.54) is 0 Å². The maximum atomic E-state index is 13.3. The molecule has 0 aromatic heterocycles. The maximum Gasteiger partial charge on any atom is 0.413 e. The van der Waals surface area contributed by atoms with Crippen molar-refractivity contribution in [2.45, 2.75) is 67.0 Å². The third kappa shape index (κ3) is 9.56. The molecule has 0 aromatic rings. The monoisotopic (exact) mass is 508 g/mol. The Bertz CT molecular complexity index is 800. The lowest BCUT2D eigenvalue weighted by Gasteiger charge is -2.38. The van der Waals surface area contributed by atoms with Gasteiger partial charge in [0.05, 0.1) is 25.9 Å². The number of carbonyl (C=O) groups excluding carboxylic acids is 2. The van der Waals surface area contributed by atoms with Crippen LogP contribution in [0.15, 0.2) is 4.99 Å². The highest BCUT2D eigenvalue weighted by Gasteiger charge is 2.43. The van der Waals surface area contributed by atoms with Crippen molar-refractivity contribution in [2.24, 2.45) is 21.7 Å². The molecule has 0 radical (unpaired) electrons. The van der Waals surface area contributed by atoms with Gasteiger partial charge in [-0.25, -0.2) is 20.1 Å². The molecule has 204 valence electrons. The molecule has 2 aliphatic heterocycles. The molecule has 2 fully saturated rings. The third-order valence-corrected chi connectivity index (χ3v) is 5.98. The molecular formula is C25H44N6O5. The summed E-state index contributed by atoms with van der Waals surface area (Å²) in [6.07, 6.45) is 0.299. The fraction of sp³-hybridized carbons (Fsp3) is 0.840. The molecule has 2 unspecified atom stereocenters. The summed E-state index contributed by atoms with van der Waals surface area (Å²) in [5.74, 6) is 0.282. The highest BCUT2D eigenvalue weighted by atomic mass is 16.7. The number of piperidine rings is 1. The van der Waals surface area contributed by atoms with Crippen molar-refractivity contribution in [1.82, 2.24) is 20.6 Å². The predicted molar refractivity (Wildman–Crippen MR) is 136 cm³/mol. The van der Waals surface area contributed by atoms with Crippen LogP contribution in [-0.4, -0.2) is 86.5 Å². The van der Waals surface area contributed by atoms with Gasteiger partial charge in [-0.2, -0.15) is 5.26 Å². The Morgan fingerprint density at radius 1 is 1.22 bits per heavy atom. The zero-order valence-corrected chi connectivity index (χ0v) is 22.8. The van der Waals surface area contributed by atoms with E-state index in [0.29, 0.717) is 57.6 Å². The van der Waals surface area contributed by atoms with Crippen LogP contribution in [0.1, 0.15) is 60.8 Å². The molecule has 2 aliphatic rings. The van der Waals surface area contributed by atoms with Crippen LogP contribution >= 0.6 is 0 Å². The number of hydrogen-bond acceptors (Lipinski definition) is 8. The van der Waals surface area contributed by atoms with E-state index < -0.39 is 23.6 Å². The quantitative estimate of drug-likeness (QED) is 0.291. The molecule has 0 bridgehead atoms. The Labute approximate surface area is 215 Å². The summed E-state index contributed by atoms with van der Waals surface area (Å²) in [4.78, 5) is 40.0. The molecule has 2 amide bonds. The predicted octanol–water partition coefficient (Wildman–Crippen LogP) is 2.49. The molecule has 2 N–H and O–H groups in total. The summed E-state index contributed by atoms with van der Waals surface area (Å²) < 4.78 is 10.5. The van der Waals surface area contributed by atoms with Gasteiger partial charge in [0.25, 0.3) is 5.91 Å². The molecule has 11 heteroatoms. The van der Waals surface area contributed by atoms with Crippen molar-refractivity contribution in [3.8, 4) is 6.07 Å². The van der Waals surface area contributed by atoms with Crippen LogP contribution in [0.25, 0.3) is 0 Å². The minimum Gasteiger partial charge on any atom is -0.450 e. The van der Waals surface area contributed by atoms with Crippen LogP contribution in [0.4, 0.5) is 4.79 Å². The number of hydrogen-bond donors (Lipinski definition) is 2. The van der Waals surface area contributed by atoms with E-state index in [1.807, 2.05) is 25.7 Å². The molecule has 0 saturated carbocycles. The molecule has 11 nitrogen and oxygen atoms in total. The number of nitrogens with one attached hydrogen (secondary N) is 2. The number of ether oxygens (including phenoxy) is 2. The average molecular weight is 509 g/mol. The summed E-state index contributed by atoms with van der Waals surface area (Å²) in [5.41, 5.74) is 1.17. The van der Waals surface area contributed by atoms with Crippen molar-refractivity contribution >= 4 is 18.0 Å². The lowest BCUT2D eigenvalue weighted by atomic mass is 9.80. The SMILES string of the molecule is CCOC(=O)NC(=NC(CC(C)(C)C)ONC(=O)C1(C#N)CCCN(CC(C)C)C1)N1CCOCC1. The van der Waals surface area contributed by atoms with Crippen LogP contribution in [0.2, 0.25) is 0 Å². The molecule has 36 heavy (non-hydrogen) atoms. The van der Waals surface area contributed by atoms with Gasteiger partial charge in [-0.05, 0) is 37.6 Å². The molecule has 2 rings (SSSR count). The zero-order valence-electron chi connectivity index (χ0n) is 22.8. The first-order chi connectivity index (χ1) is 17.0. The first-order valence-corrected chi connectivity index (χ1v) is 12.9. The first-order valence-electron chi connectivity index (χ1n) is 12.9. The largest absolute Gasteiger partial charge is 0.450 e. The Morgan fingerprint density at radius 2 is 1.92 bits per heavy atom. The number of hydroxylamine groups is 1. The number of nitriles is 1. The molecule has 2 heterocycles. The van der Waals surface area contributed by atoms with E-state index in [0.717, 1.165) is 19.5 Å². The summed E-state index contributed by atoms with van der Waals surface area (Å²) in [6.45, 7) is 16.5. The van der Waals surface area contributed by atoms with Crippen LogP contribution in [-0.2, 0) is 19.1 Å². The summed E-state index contributed by atoms with van der Waals surface area (Å²) in [6, 6.07) is 2.26. The van der Waals surface area contributed by atoms with Crippen molar-refractivity contribution in [3.63, 3.8) is 0 Å². The van der Waals surface area contributed by atoms with E-state index in [-0.39, 0.29) is 12.0 Å². The van der Waals surface area contributed by atoms with Crippen LogP contribution in [0, 0.1) is 28.1 Å². The van der Waals surface area contributed by atoms with Crippen molar-refractivity contribution in [1.29, 1.82) is 5.26 Å². The lowest BCUT2D eigenvalue weighted by molar-refractivity contribution is -0.150. The number of likely N-dealkylation sites (tertiary alicyclic amines) is 1. The van der Waals surface area contributed by atoms with Crippen LogP contribution < -0.4 is 10.8 Å². The van der Waals surface area contributed by atoms with E-state index in [1.54, 1.807) is 6.92 Å². The van der Waals surface area contributed by atoms with Crippen molar-refractivity contribution in [3.05, 3.63) is 0 Å². The minimum absolute atomic E-state index is 0.190. The smallest absolute Gasteiger partial charge is 0.413 e. The minimum atomic E-state index is -1.18. The van der Waals surface area contributed by atoms with E-state index in [4.69, 9.17) is 14.3 Å². The zero-order chi connectivity index (χ0) is 26.8. The summed E-state index contributed by atoms with van der Waals surface area (Å²) in [7, 11) is 0. The van der Waals surface area contributed by atoms with Gasteiger partial charge in [0.15, 0.2) is 11.6 Å². The number of amides is 2. The number of nitrogens with zero attached hydrogens (tertiary/aromatic N) is 4. The summed E-state index contributed by atoms with van der Waals surface area (Å²) >= 11 is 0. The van der Waals surface area contributed by atoms with E-state index >= 15 is 0 Å². The second-order valence-electron chi connectivity index (χ2n) is 11.1. The standard InChI is InChI=1S/C25H44N6O5/c1-7-35-23(33)28-22(31-11-13-34-14-12-31)27-20(15-24(4,5)6)36-29-21(32)25(17-26)9-8-10-30(18-25)16-19(2)3/h19-20H,7-16,18H2,1-6H3,(H,29,32)(H,27,28,33). The van der Waals surface area contributed by atoms with Crippen molar-refractivity contribution in [2.75, 3.05) is 52.5 Å². The highest BCUT2D eigenvalue weighted by Crippen LogP contribution is 2.30. The van der Waals surface area contributed by atoms with E-state index in [9.17, 15) is 14.9 Å². The number of aliphatic imine (C=N–C) groups is 1. The topological polar surface area (TPSA) is 129 Å². The Balaban J connectivity index is 2.20. The highest BCUT2D eigenvalue weighted by molar-refractivity contribution is 5.94. The van der Waals surface area contributed by atoms with Gasteiger partial charge in [0, 0.05) is 32.6 Å². The van der Waals surface area contributed by atoms with Crippen molar-refractivity contribution < 1.29 is 23.9 Å². The second-order valence-corrected chi connectivity index (χ2v) is 11.1. The molecule has 2 saturated heterocycles. The normalized spacial score (nSPS) is 22.6. The van der Waals surface area contributed by atoms with Gasteiger partial charge in [-0.1, -0.05) is 34.6 Å². The Morgan fingerprint density at radius 3 is 2.50 bits per heavy atom. The maximum absolute atomic E-state index is 13.3. The Kier molecular flexibility index (Phi) is 11.4. The van der Waals surface area contributed by atoms with Gasteiger partial charge in [0.2, 0.25) is 5.96 Å². The molecule has 0 aromatic carbocycles. The molecular weight excluding hydrogens is 464 g/mol. The molecule has 0 aliphatic carbocycles. The van der Waals surface area contributed by atoms with Gasteiger partial charge in [0.1, 0.15) is 0 Å². The number of guanidine groups is 1. The molecule has 2 atom stereocenters. The van der Waals surface area contributed by atoms with Gasteiger partial charge >= 0.3 is 6.09 Å². The fourth-order valence-corrected chi connectivity index (χ4v) is 4.36. The van der Waals surface area contributed by atoms with Crippen LogP contribution in [0.5, 0.6) is 0 Å².